The number of carbonyl (C=O) groups is 3. The largest absolute Gasteiger partial charge is 0.481 e. The van der Waals surface area contributed by atoms with E-state index in [1.54, 1.807) is 12.2 Å². The minimum Gasteiger partial charge on any atom is -0.481 e. The zero-order valence-corrected chi connectivity index (χ0v) is 19.3. The summed E-state index contributed by atoms with van der Waals surface area (Å²) in [5.74, 6) is -3.22. The van der Waals surface area contributed by atoms with Gasteiger partial charge in [-0.1, -0.05) is 55.5 Å². The average molecular weight is 492 g/mol. The van der Waals surface area contributed by atoms with Gasteiger partial charge in [-0.15, -0.1) is 0 Å². The smallest absolute Gasteiger partial charge is 0.420 e. The first-order valence-corrected chi connectivity index (χ1v) is 11.1. The molecular weight excluding hydrogens is 465 g/mol. The maximum Gasteiger partial charge on any atom is 0.420 e. The summed E-state index contributed by atoms with van der Waals surface area (Å²) >= 11 is 0. The van der Waals surface area contributed by atoms with Gasteiger partial charge in [0.05, 0.1) is 0 Å². The number of fused-ring (bicyclic) bond motifs is 3. The van der Waals surface area contributed by atoms with Crippen LogP contribution < -0.4 is 10.6 Å². The van der Waals surface area contributed by atoms with Gasteiger partial charge >= 0.3 is 18.2 Å². The first-order valence-electron chi connectivity index (χ1n) is 11.1. The van der Waals surface area contributed by atoms with Gasteiger partial charge < -0.3 is 15.2 Å². The van der Waals surface area contributed by atoms with E-state index in [4.69, 9.17) is 9.84 Å². The molecule has 0 saturated heterocycles. The number of hydrogen-bond acceptors (Lipinski definition) is 4. The number of halogens is 3. The molecule has 3 N–H and O–H groups in total. The molecule has 7 nitrogen and oxygen atoms in total. The number of benzene rings is 2. The van der Waals surface area contributed by atoms with E-state index in [-0.39, 0.29) is 37.8 Å². The average Bonchev–Trinajstić information content (AvgIpc) is 3.12. The summed E-state index contributed by atoms with van der Waals surface area (Å²) < 4.78 is 46.6. The van der Waals surface area contributed by atoms with Crippen LogP contribution in [0.2, 0.25) is 0 Å². The van der Waals surface area contributed by atoms with E-state index in [0.29, 0.717) is 6.92 Å². The summed E-state index contributed by atoms with van der Waals surface area (Å²) in [5.41, 5.74) is 0.492. The molecule has 2 unspecified atom stereocenters. The molecule has 3 rings (SSSR count). The number of alkyl carbamates (subject to hydrolysis) is 1. The molecule has 0 saturated carbocycles. The number of carbonyl (C=O) groups excluding carboxylic acids is 2. The summed E-state index contributed by atoms with van der Waals surface area (Å²) in [6.45, 7) is 1.78. The molecule has 0 spiro atoms. The van der Waals surface area contributed by atoms with Gasteiger partial charge in [0.25, 0.3) is 5.91 Å². The van der Waals surface area contributed by atoms with E-state index in [9.17, 15) is 27.6 Å². The molecule has 2 aromatic rings. The normalized spacial score (nSPS) is 15.3. The molecule has 0 radical (unpaired) electrons. The highest BCUT2D eigenvalue weighted by Crippen LogP contribution is 2.44. The topological polar surface area (TPSA) is 105 Å². The van der Waals surface area contributed by atoms with Crippen molar-refractivity contribution in [2.45, 2.75) is 44.3 Å². The Morgan fingerprint density at radius 3 is 2.09 bits per heavy atom. The zero-order chi connectivity index (χ0) is 25.8. The molecule has 10 heteroatoms. The summed E-state index contributed by atoms with van der Waals surface area (Å²) in [6, 6.07) is 15.0. The second kappa shape index (κ2) is 10.4. The van der Waals surface area contributed by atoms with Gasteiger partial charge in [0.15, 0.2) is 0 Å². The number of rotatable bonds is 9. The molecular formula is C25H27F3N2O5. The van der Waals surface area contributed by atoms with Gasteiger partial charge in [-0.05, 0) is 41.5 Å². The van der Waals surface area contributed by atoms with Crippen molar-refractivity contribution in [3.63, 3.8) is 0 Å². The summed E-state index contributed by atoms with van der Waals surface area (Å²) in [4.78, 5) is 35.5. The molecule has 188 valence electrons. The summed E-state index contributed by atoms with van der Waals surface area (Å²) in [6.07, 6.45) is -6.47. The number of aliphatic carboxylic acids is 1. The standard InChI is InChI=1S/C25H27F3N2O5/c1-15(11-12-21(31)32)13-29-22(33)24(2,25(26,27)28)30-23(34)35-14-20-18-9-5-3-7-16(18)17-8-4-6-10-19(17)20/h3-10,15,20H,11-14H2,1-2H3,(H,29,33)(H,30,34)(H,31,32). The first-order chi connectivity index (χ1) is 16.4. The molecule has 0 bridgehead atoms. The number of nitrogens with one attached hydrogen (secondary N) is 2. The van der Waals surface area contributed by atoms with Crippen LogP contribution in [0.1, 0.15) is 43.7 Å². The van der Waals surface area contributed by atoms with Crippen molar-refractivity contribution < 1.29 is 37.4 Å². The van der Waals surface area contributed by atoms with Crippen LogP contribution in [0.15, 0.2) is 48.5 Å². The van der Waals surface area contributed by atoms with Crippen molar-refractivity contribution in [1.29, 1.82) is 0 Å². The molecule has 35 heavy (non-hydrogen) atoms. The SMILES string of the molecule is CC(CCC(=O)O)CNC(=O)C(C)(NC(=O)OCC1c2ccccc2-c2ccccc21)C(F)(F)F. The van der Waals surface area contributed by atoms with Crippen LogP contribution in [0.5, 0.6) is 0 Å². The van der Waals surface area contributed by atoms with Crippen LogP contribution in [0, 0.1) is 5.92 Å². The highest BCUT2D eigenvalue weighted by atomic mass is 19.4. The molecule has 2 amide bonds. The Balaban J connectivity index is 1.66. The predicted octanol–water partition coefficient (Wildman–Crippen LogP) is 4.46. The number of hydrogen-bond donors (Lipinski definition) is 3. The van der Waals surface area contributed by atoms with Crippen molar-refractivity contribution >= 4 is 18.0 Å². The molecule has 1 aliphatic rings. The Morgan fingerprint density at radius 2 is 1.57 bits per heavy atom. The van der Waals surface area contributed by atoms with Gasteiger partial charge in [0.2, 0.25) is 5.54 Å². The Morgan fingerprint density at radius 1 is 1.03 bits per heavy atom. The van der Waals surface area contributed by atoms with Gasteiger partial charge in [-0.3, -0.25) is 14.9 Å². The van der Waals surface area contributed by atoms with Crippen molar-refractivity contribution in [3.05, 3.63) is 59.7 Å². The predicted molar refractivity (Wildman–Crippen MR) is 122 cm³/mol. The maximum absolute atomic E-state index is 13.8. The van der Waals surface area contributed by atoms with Gasteiger partial charge in [-0.2, -0.15) is 13.2 Å². The lowest BCUT2D eigenvalue weighted by molar-refractivity contribution is -0.194. The minimum absolute atomic E-state index is 0.175. The summed E-state index contributed by atoms with van der Waals surface area (Å²) in [7, 11) is 0. The van der Waals surface area contributed by atoms with Crippen LogP contribution in [0.3, 0.4) is 0 Å². The third-order valence-electron chi connectivity index (χ3n) is 6.18. The Kier molecular flexibility index (Phi) is 7.72. The fourth-order valence-corrected chi connectivity index (χ4v) is 4.01. The van der Waals surface area contributed by atoms with E-state index in [0.717, 1.165) is 22.3 Å². The van der Waals surface area contributed by atoms with Crippen LogP contribution in [-0.2, 0) is 14.3 Å². The van der Waals surface area contributed by atoms with Crippen LogP contribution >= 0.6 is 0 Å². The second-order valence-electron chi connectivity index (χ2n) is 8.82. The second-order valence-corrected chi connectivity index (χ2v) is 8.82. The Labute approximate surface area is 200 Å². The molecule has 2 atom stereocenters. The maximum atomic E-state index is 13.8. The van der Waals surface area contributed by atoms with Gasteiger partial charge in [0.1, 0.15) is 6.61 Å². The van der Waals surface area contributed by atoms with Crippen molar-refractivity contribution in [2.75, 3.05) is 13.2 Å². The fraction of sp³-hybridized carbons (Fsp3) is 0.400. The monoisotopic (exact) mass is 492 g/mol. The molecule has 0 aromatic heterocycles. The Hall–Kier alpha value is -3.56. The summed E-state index contributed by atoms with van der Waals surface area (Å²) in [5, 5.41) is 12.6. The van der Waals surface area contributed by atoms with Crippen molar-refractivity contribution in [2.24, 2.45) is 5.92 Å². The third-order valence-corrected chi connectivity index (χ3v) is 6.18. The van der Waals surface area contributed by atoms with E-state index in [2.05, 4.69) is 5.32 Å². The van der Waals surface area contributed by atoms with Crippen LogP contribution in [0.4, 0.5) is 18.0 Å². The van der Waals surface area contributed by atoms with Crippen LogP contribution in [-0.4, -0.2) is 47.9 Å². The molecule has 1 aliphatic carbocycles. The lowest BCUT2D eigenvalue weighted by Gasteiger charge is -2.31. The minimum atomic E-state index is -5.10. The lowest BCUT2D eigenvalue weighted by Crippen LogP contribution is -2.65. The molecule has 0 aliphatic heterocycles. The Bertz CT molecular complexity index is 1060. The number of carboxylic acids is 1. The van der Waals surface area contributed by atoms with E-state index < -0.39 is 29.7 Å². The number of amides is 2. The van der Waals surface area contributed by atoms with Crippen LogP contribution in [0.25, 0.3) is 11.1 Å². The van der Waals surface area contributed by atoms with Gasteiger partial charge in [-0.25, -0.2) is 4.79 Å². The molecule has 2 aromatic carbocycles. The quantitative estimate of drug-likeness (QED) is 0.479. The zero-order valence-electron chi connectivity index (χ0n) is 19.3. The lowest BCUT2D eigenvalue weighted by atomic mass is 9.98. The third kappa shape index (κ3) is 5.75. The van der Waals surface area contributed by atoms with E-state index >= 15 is 0 Å². The molecule has 0 fully saturated rings. The number of alkyl halides is 3. The van der Waals surface area contributed by atoms with E-state index in [1.807, 2.05) is 48.5 Å². The van der Waals surface area contributed by atoms with Gasteiger partial charge in [0, 0.05) is 18.9 Å². The highest BCUT2D eigenvalue weighted by molar-refractivity contribution is 5.90. The highest BCUT2D eigenvalue weighted by Gasteiger charge is 2.58. The molecule has 0 heterocycles. The number of carboxylic acid groups (broad SMARTS) is 1. The van der Waals surface area contributed by atoms with Crippen molar-refractivity contribution in [1.82, 2.24) is 10.6 Å². The van der Waals surface area contributed by atoms with Crippen molar-refractivity contribution in [3.8, 4) is 11.1 Å². The number of ether oxygens (including phenoxy) is 1. The first kappa shape index (κ1) is 26.1. The van der Waals surface area contributed by atoms with E-state index in [1.165, 1.54) is 0 Å². The fourth-order valence-electron chi connectivity index (χ4n) is 4.01.